The van der Waals surface area contributed by atoms with Gasteiger partial charge in [-0.05, 0) is 44.1 Å². The molecule has 0 bridgehead atoms. The number of sulfonamides is 1. The lowest BCUT2D eigenvalue weighted by Gasteiger charge is -2.26. The average molecular weight is 355 g/mol. The van der Waals surface area contributed by atoms with Gasteiger partial charge in [-0.2, -0.15) is 0 Å². The normalized spacial score (nSPS) is 12.2. The molecule has 1 heterocycles. The van der Waals surface area contributed by atoms with Gasteiger partial charge in [0.2, 0.25) is 0 Å². The summed E-state index contributed by atoms with van der Waals surface area (Å²) in [5, 5.41) is 0.253. The molecule has 1 aromatic heterocycles. The molecular formula is C17H23ClN2O2S. The SMILES string of the molecule is C=C/C(=C\C=C(C)C)N(CC(C)C)S(=O)(=O)c1ccc(Cl)nc1. The lowest BCUT2D eigenvalue weighted by atomic mass is 10.2. The lowest BCUT2D eigenvalue weighted by Crippen LogP contribution is -2.33. The summed E-state index contributed by atoms with van der Waals surface area (Å²) in [5.74, 6) is 0.153. The lowest BCUT2D eigenvalue weighted by molar-refractivity contribution is 0.430. The van der Waals surface area contributed by atoms with Gasteiger partial charge in [0.1, 0.15) is 10.0 Å². The number of pyridine rings is 1. The number of nitrogens with zero attached hydrogens (tertiary/aromatic N) is 2. The molecule has 0 fully saturated rings. The maximum absolute atomic E-state index is 13.0. The summed E-state index contributed by atoms with van der Waals surface area (Å²) < 4.78 is 27.3. The topological polar surface area (TPSA) is 50.3 Å². The van der Waals surface area contributed by atoms with Crippen LogP contribution in [0.1, 0.15) is 27.7 Å². The van der Waals surface area contributed by atoms with Crippen LogP contribution in [-0.2, 0) is 10.0 Å². The van der Waals surface area contributed by atoms with Crippen molar-refractivity contribution in [1.82, 2.24) is 9.29 Å². The smallest absolute Gasteiger partial charge is 0.265 e. The molecule has 23 heavy (non-hydrogen) atoms. The Morgan fingerprint density at radius 1 is 1.35 bits per heavy atom. The first-order valence-electron chi connectivity index (χ1n) is 7.30. The molecule has 0 aliphatic rings. The molecule has 126 valence electrons. The number of rotatable bonds is 7. The Morgan fingerprint density at radius 3 is 2.43 bits per heavy atom. The quantitative estimate of drug-likeness (QED) is 0.538. The van der Waals surface area contributed by atoms with Crippen LogP contribution in [0.5, 0.6) is 0 Å². The summed E-state index contributed by atoms with van der Waals surface area (Å²) in [6.45, 7) is 11.9. The van der Waals surface area contributed by atoms with Crippen LogP contribution < -0.4 is 0 Å². The van der Waals surface area contributed by atoms with E-state index in [4.69, 9.17) is 11.6 Å². The number of allylic oxidation sites excluding steroid dienone is 4. The maximum atomic E-state index is 13.0. The van der Waals surface area contributed by atoms with Crippen LogP contribution in [0, 0.1) is 5.92 Å². The van der Waals surface area contributed by atoms with Gasteiger partial charge in [-0.3, -0.25) is 4.31 Å². The zero-order valence-corrected chi connectivity index (χ0v) is 15.5. The number of hydrogen-bond acceptors (Lipinski definition) is 3. The first-order valence-corrected chi connectivity index (χ1v) is 9.12. The largest absolute Gasteiger partial charge is 0.266 e. The molecule has 1 rings (SSSR count). The van der Waals surface area contributed by atoms with Crippen molar-refractivity contribution >= 4 is 21.6 Å². The second-order valence-electron chi connectivity index (χ2n) is 5.79. The minimum atomic E-state index is -3.73. The number of aromatic nitrogens is 1. The minimum absolute atomic E-state index is 0.104. The summed E-state index contributed by atoms with van der Waals surface area (Å²) >= 11 is 5.75. The Bertz CT molecular complexity index is 701. The molecule has 0 atom stereocenters. The third-order valence-corrected chi connectivity index (χ3v) is 4.90. The number of hydrogen-bond donors (Lipinski definition) is 0. The molecule has 0 amide bonds. The monoisotopic (exact) mass is 354 g/mol. The molecule has 1 aromatic rings. The highest BCUT2D eigenvalue weighted by Crippen LogP contribution is 2.23. The highest BCUT2D eigenvalue weighted by atomic mass is 35.5. The van der Waals surface area contributed by atoms with Crippen LogP contribution in [0.4, 0.5) is 0 Å². The zero-order chi connectivity index (χ0) is 17.6. The van der Waals surface area contributed by atoms with E-state index < -0.39 is 10.0 Å². The van der Waals surface area contributed by atoms with Crippen molar-refractivity contribution in [2.24, 2.45) is 5.92 Å². The molecule has 0 aromatic carbocycles. The van der Waals surface area contributed by atoms with E-state index in [1.807, 2.05) is 33.8 Å². The first kappa shape index (κ1) is 19.5. The van der Waals surface area contributed by atoms with E-state index in [0.717, 1.165) is 5.57 Å². The van der Waals surface area contributed by atoms with Crippen molar-refractivity contribution < 1.29 is 8.42 Å². The molecule has 0 spiro atoms. The molecular weight excluding hydrogens is 332 g/mol. The van der Waals surface area contributed by atoms with E-state index in [9.17, 15) is 8.42 Å². The Balaban J connectivity index is 3.39. The van der Waals surface area contributed by atoms with E-state index >= 15 is 0 Å². The second kappa shape index (κ2) is 8.31. The van der Waals surface area contributed by atoms with Crippen LogP contribution in [0.2, 0.25) is 5.15 Å². The molecule has 6 heteroatoms. The summed E-state index contributed by atoms with van der Waals surface area (Å²) in [6.07, 6.45) is 6.43. The van der Waals surface area contributed by atoms with Crippen LogP contribution in [0.3, 0.4) is 0 Å². The van der Waals surface area contributed by atoms with Gasteiger partial charge in [-0.1, -0.05) is 43.7 Å². The molecule has 4 nitrogen and oxygen atoms in total. The highest BCUT2D eigenvalue weighted by molar-refractivity contribution is 7.89. The fourth-order valence-corrected chi connectivity index (χ4v) is 3.52. The van der Waals surface area contributed by atoms with E-state index in [0.29, 0.717) is 12.2 Å². The Kier molecular flexibility index (Phi) is 7.03. The molecule has 0 aliphatic carbocycles. The standard InChI is InChI=1S/C17H23ClN2O2S/c1-6-15(8-7-13(2)3)20(12-14(4)5)23(21,22)16-9-10-17(18)19-11-16/h6-11,14H,1,12H2,2-5H3/b15-8+. The molecule has 0 saturated heterocycles. The molecule has 0 N–H and O–H groups in total. The summed E-state index contributed by atoms with van der Waals surface area (Å²) in [4.78, 5) is 3.97. The minimum Gasteiger partial charge on any atom is -0.266 e. The van der Waals surface area contributed by atoms with E-state index in [1.54, 1.807) is 12.2 Å². The van der Waals surface area contributed by atoms with Crippen LogP contribution in [-0.4, -0.2) is 24.3 Å². The predicted molar refractivity (Wildman–Crippen MR) is 95.7 cm³/mol. The van der Waals surface area contributed by atoms with Crippen molar-refractivity contribution in [3.63, 3.8) is 0 Å². The van der Waals surface area contributed by atoms with E-state index in [2.05, 4.69) is 11.6 Å². The van der Waals surface area contributed by atoms with Crippen LogP contribution >= 0.6 is 11.6 Å². The average Bonchev–Trinajstić information content (AvgIpc) is 2.46. The Hall–Kier alpha value is -1.59. The summed E-state index contributed by atoms with van der Waals surface area (Å²) in [7, 11) is -3.73. The summed E-state index contributed by atoms with van der Waals surface area (Å²) in [6, 6.07) is 2.93. The fourth-order valence-electron chi connectivity index (χ4n) is 1.82. The Labute approximate surface area is 144 Å². The molecule has 0 aliphatic heterocycles. The highest BCUT2D eigenvalue weighted by Gasteiger charge is 2.26. The van der Waals surface area contributed by atoms with Crippen molar-refractivity contribution in [3.05, 3.63) is 59.6 Å². The van der Waals surface area contributed by atoms with Gasteiger partial charge in [0.05, 0.1) is 5.70 Å². The molecule has 0 radical (unpaired) electrons. The fraction of sp³-hybridized carbons (Fsp3) is 0.353. The van der Waals surface area contributed by atoms with E-state index in [-0.39, 0.29) is 16.0 Å². The van der Waals surface area contributed by atoms with Crippen molar-refractivity contribution in [3.8, 4) is 0 Å². The van der Waals surface area contributed by atoms with Gasteiger partial charge < -0.3 is 0 Å². The predicted octanol–water partition coefficient (Wildman–Crippen LogP) is 4.42. The third kappa shape index (κ3) is 5.52. The molecule has 0 unspecified atom stereocenters. The van der Waals surface area contributed by atoms with Gasteiger partial charge in [0.15, 0.2) is 0 Å². The van der Waals surface area contributed by atoms with Gasteiger partial charge in [0, 0.05) is 12.7 Å². The first-order chi connectivity index (χ1) is 10.7. The van der Waals surface area contributed by atoms with Gasteiger partial charge in [-0.25, -0.2) is 13.4 Å². The van der Waals surface area contributed by atoms with Gasteiger partial charge in [-0.15, -0.1) is 0 Å². The second-order valence-corrected chi connectivity index (χ2v) is 8.04. The third-order valence-electron chi connectivity index (χ3n) is 2.90. The van der Waals surface area contributed by atoms with E-state index in [1.165, 1.54) is 22.6 Å². The van der Waals surface area contributed by atoms with Crippen molar-refractivity contribution in [1.29, 1.82) is 0 Å². The summed E-state index contributed by atoms with van der Waals surface area (Å²) in [5.41, 5.74) is 1.59. The van der Waals surface area contributed by atoms with Crippen LogP contribution in [0.15, 0.2) is 59.3 Å². The van der Waals surface area contributed by atoms with Crippen molar-refractivity contribution in [2.75, 3.05) is 6.54 Å². The van der Waals surface area contributed by atoms with Crippen LogP contribution in [0.25, 0.3) is 0 Å². The van der Waals surface area contributed by atoms with Gasteiger partial charge >= 0.3 is 0 Å². The number of halogens is 1. The zero-order valence-electron chi connectivity index (χ0n) is 14.0. The van der Waals surface area contributed by atoms with Crippen molar-refractivity contribution in [2.45, 2.75) is 32.6 Å². The van der Waals surface area contributed by atoms with Gasteiger partial charge in [0.25, 0.3) is 10.0 Å². The molecule has 0 saturated carbocycles. The Morgan fingerprint density at radius 2 is 2.00 bits per heavy atom. The maximum Gasteiger partial charge on any atom is 0.265 e.